The number of sulfone groups is 1. The van der Waals surface area contributed by atoms with Crippen LogP contribution in [0.5, 0.6) is 0 Å². The standard InChI is InChI=1S/C16H24N2O4S/c19-15(17-12-14-3-10-23(20,21)13-14)11-16(4-8-22-9-5-16)18-6-1-2-7-18/h1-2,6-7,14H,3-5,8-13H2,(H,17,19)/t14-/m1/s1. The summed E-state index contributed by atoms with van der Waals surface area (Å²) >= 11 is 0. The fourth-order valence-electron chi connectivity index (χ4n) is 3.58. The third-order valence-electron chi connectivity index (χ3n) is 4.98. The van der Waals surface area contributed by atoms with E-state index < -0.39 is 9.84 Å². The second-order valence-electron chi connectivity index (χ2n) is 6.68. The number of rotatable bonds is 5. The number of amides is 1. The molecule has 23 heavy (non-hydrogen) atoms. The van der Waals surface area contributed by atoms with E-state index >= 15 is 0 Å². The topological polar surface area (TPSA) is 77.4 Å². The third-order valence-corrected chi connectivity index (χ3v) is 6.82. The molecule has 1 atom stereocenters. The number of hydrogen-bond acceptors (Lipinski definition) is 4. The summed E-state index contributed by atoms with van der Waals surface area (Å²) in [5.41, 5.74) is -0.229. The molecule has 1 N–H and O–H groups in total. The number of ether oxygens (including phenoxy) is 1. The maximum Gasteiger partial charge on any atom is 0.222 e. The summed E-state index contributed by atoms with van der Waals surface area (Å²) in [7, 11) is -2.89. The van der Waals surface area contributed by atoms with Crippen LogP contribution in [0.25, 0.3) is 0 Å². The molecule has 3 rings (SSSR count). The molecule has 1 amide bonds. The minimum absolute atomic E-state index is 0.00935. The van der Waals surface area contributed by atoms with Crippen LogP contribution in [0, 0.1) is 5.92 Å². The molecule has 0 aromatic carbocycles. The maximum absolute atomic E-state index is 12.4. The average Bonchev–Trinajstić information content (AvgIpc) is 3.16. The van der Waals surface area contributed by atoms with Gasteiger partial charge in [-0.2, -0.15) is 0 Å². The highest BCUT2D eigenvalue weighted by molar-refractivity contribution is 7.91. The largest absolute Gasteiger partial charge is 0.381 e. The van der Waals surface area contributed by atoms with Gasteiger partial charge in [0.25, 0.3) is 0 Å². The van der Waals surface area contributed by atoms with Crippen LogP contribution in [0.4, 0.5) is 0 Å². The van der Waals surface area contributed by atoms with Crippen molar-refractivity contribution < 1.29 is 17.9 Å². The minimum atomic E-state index is -2.89. The van der Waals surface area contributed by atoms with Crippen molar-refractivity contribution in [2.75, 3.05) is 31.3 Å². The van der Waals surface area contributed by atoms with E-state index in [1.54, 1.807) is 0 Å². The van der Waals surface area contributed by atoms with Crippen molar-refractivity contribution >= 4 is 15.7 Å². The van der Waals surface area contributed by atoms with Crippen LogP contribution in [-0.4, -0.2) is 50.2 Å². The summed E-state index contributed by atoms with van der Waals surface area (Å²) in [5, 5.41) is 2.94. The molecular weight excluding hydrogens is 316 g/mol. The van der Waals surface area contributed by atoms with Crippen LogP contribution < -0.4 is 5.32 Å². The lowest BCUT2D eigenvalue weighted by molar-refractivity contribution is -0.124. The van der Waals surface area contributed by atoms with Crippen LogP contribution in [0.2, 0.25) is 0 Å². The monoisotopic (exact) mass is 340 g/mol. The second-order valence-corrected chi connectivity index (χ2v) is 8.91. The van der Waals surface area contributed by atoms with Gasteiger partial charge in [0, 0.05) is 32.2 Å². The number of nitrogens with zero attached hydrogens (tertiary/aromatic N) is 1. The molecule has 3 heterocycles. The van der Waals surface area contributed by atoms with Gasteiger partial charge in [-0.15, -0.1) is 0 Å². The van der Waals surface area contributed by atoms with Crippen molar-refractivity contribution in [2.45, 2.75) is 31.2 Å². The van der Waals surface area contributed by atoms with E-state index in [2.05, 4.69) is 9.88 Å². The summed E-state index contributed by atoms with van der Waals surface area (Å²) in [4.78, 5) is 12.4. The zero-order valence-corrected chi connectivity index (χ0v) is 14.1. The van der Waals surface area contributed by atoms with Crippen LogP contribution >= 0.6 is 0 Å². The Morgan fingerprint density at radius 2 is 1.96 bits per heavy atom. The fraction of sp³-hybridized carbons (Fsp3) is 0.688. The first-order chi connectivity index (χ1) is 11.0. The molecule has 0 saturated carbocycles. The van der Waals surface area contributed by atoms with E-state index in [-0.39, 0.29) is 28.9 Å². The Morgan fingerprint density at radius 1 is 1.26 bits per heavy atom. The maximum atomic E-state index is 12.4. The normalized spacial score (nSPS) is 26.0. The molecule has 0 unspecified atom stereocenters. The molecule has 1 aromatic rings. The van der Waals surface area contributed by atoms with E-state index in [1.807, 2.05) is 24.5 Å². The van der Waals surface area contributed by atoms with Crippen molar-refractivity contribution in [1.82, 2.24) is 9.88 Å². The molecule has 0 bridgehead atoms. The zero-order valence-electron chi connectivity index (χ0n) is 13.2. The molecule has 2 aliphatic heterocycles. The van der Waals surface area contributed by atoms with Gasteiger partial charge in [0.1, 0.15) is 0 Å². The Morgan fingerprint density at radius 3 is 2.57 bits per heavy atom. The van der Waals surface area contributed by atoms with Gasteiger partial charge < -0.3 is 14.6 Å². The Kier molecular flexibility index (Phi) is 4.77. The van der Waals surface area contributed by atoms with Crippen LogP contribution in [-0.2, 0) is 24.9 Å². The Labute approximate surface area is 137 Å². The molecule has 2 saturated heterocycles. The summed E-state index contributed by atoms with van der Waals surface area (Å²) in [6.45, 7) is 1.77. The highest BCUT2D eigenvalue weighted by Gasteiger charge is 2.36. The van der Waals surface area contributed by atoms with Crippen molar-refractivity contribution in [2.24, 2.45) is 5.92 Å². The third kappa shape index (κ3) is 3.95. The zero-order chi connectivity index (χ0) is 16.3. The second kappa shape index (κ2) is 6.65. The van der Waals surface area contributed by atoms with Crippen LogP contribution in [0.15, 0.2) is 24.5 Å². The van der Waals surface area contributed by atoms with Crippen molar-refractivity contribution in [3.8, 4) is 0 Å². The van der Waals surface area contributed by atoms with Gasteiger partial charge >= 0.3 is 0 Å². The predicted molar refractivity (Wildman–Crippen MR) is 86.8 cm³/mol. The molecule has 2 fully saturated rings. The molecule has 0 spiro atoms. The Bertz CT molecular complexity index is 633. The first-order valence-electron chi connectivity index (χ1n) is 8.17. The molecule has 1 aromatic heterocycles. The number of nitrogens with one attached hydrogen (secondary N) is 1. The van der Waals surface area contributed by atoms with E-state index in [1.165, 1.54) is 0 Å². The van der Waals surface area contributed by atoms with E-state index in [9.17, 15) is 13.2 Å². The van der Waals surface area contributed by atoms with Crippen molar-refractivity contribution in [3.63, 3.8) is 0 Å². The lowest BCUT2D eigenvalue weighted by Crippen LogP contribution is -2.44. The molecule has 2 aliphatic rings. The summed E-state index contributed by atoms with van der Waals surface area (Å²) in [5.74, 6) is 0.494. The van der Waals surface area contributed by atoms with Crippen molar-refractivity contribution in [3.05, 3.63) is 24.5 Å². The summed E-state index contributed by atoms with van der Waals surface area (Å²) in [6, 6.07) is 3.94. The van der Waals surface area contributed by atoms with Gasteiger partial charge in [-0.05, 0) is 37.3 Å². The Balaban J connectivity index is 1.58. The van der Waals surface area contributed by atoms with E-state index in [0.29, 0.717) is 32.6 Å². The number of aromatic nitrogens is 1. The predicted octanol–water partition coefficient (Wildman–Crippen LogP) is 0.935. The average molecular weight is 340 g/mol. The quantitative estimate of drug-likeness (QED) is 0.865. The van der Waals surface area contributed by atoms with Gasteiger partial charge in [0.05, 0.1) is 23.5 Å². The molecule has 7 heteroatoms. The minimum Gasteiger partial charge on any atom is -0.381 e. The van der Waals surface area contributed by atoms with Gasteiger partial charge in [-0.3, -0.25) is 4.79 Å². The molecule has 0 aliphatic carbocycles. The van der Waals surface area contributed by atoms with E-state index in [4.69, 9.17) is 4.74 Å². The Hall–Kier alpha value is -1.34. The number of carbonyl (C=O) groups is 1. The highest BCUT2D eigenvalue weighted by Crippen LogP contribution is 2.33. The smallest absolute Gasteiger partial charge is 0.222 e. The molecule has 0 radical (unpaired) electrons. The molecular formula is C16H24N2O4S. The van der Waals surface area contributed by atoms with Crippen LogP contribution in [0.3, 0.4) is 0 Å². The van der Waals surface area contributed by atoms with E-state index in [0.717, 1.165) is 12.8 Å². The molecule has 6 nitrogen and oxygen atoms in total. The fourth-order valence-corrected chi connectivity index (χ4v) is 5.44. The highest BCUT2D eigenvalue weighted by atomic mass is 32.2. The van der Waals surface area contributed by atoms with Gasteiger partial charge in [0.15, 0.2) is 9.84 Å². The number of hydrogen-bond donors (Lipinski definition) is 1. The lowest BCUT2D eigenvalue weighted by atomic mass is 9.86. The van der Waals surface area contributed by atoms with Gasteiger partial charge in [0.2, 0.25) is 5.91 Å². The van der Waals surface area contributed by atoms with Gasteiger partial charge in [-0.25, -0.2) is 8.42 Å². The lowest BCUT2D eigenvalue weighted by Gasteiger charge is -2.38. The molecule has 128 valence electrons. The number of carbonyl (C=O) groups excluding carboxylic acids is 1. The van der Waals surface area contributed by atoms with Crippen LogP contribution in [0.1, 0.15) is 25.7 Å². The summed E-state index contributed by atoms with van der Waals surface area (Å²) in [6.07, 6.45) is 6.69. The summed E-state index contributed by atoms with van der Waals surface area (Å²) < 4.78 is 30.5. The van der Waals surface area contributed by atoms with Gasteiger partial charge in [-0.1, -0.05) is 0 Å². The first kappa shape index (κ1) is 16.5. The SMILES string of the molecule is O=C(CC1(n2cccc2)CCOCC1)NC[C@H]1CCS(=O)(=O)C1. The van der Waals surface area contributed by atoms with Crippen molar-refractivity contribution in [1.29, 1.82) is 0 Å². The first-order valence-corrected chi connectivity index (χ1v) is 10.00.